The van der Waals surface area contributed by atoms with Crippen molar-refractivity contribution in [3.05, 3.63) is 64.7 Å². The van der Waals surface area contributed by atoms with E-state index in [9.17, 15) is 14.4 Å². The van der Waals surface area contributed by atoms with Crippen LogP contribution in [0.1, 0.15) is 28.8 Å². The molecular weight excluding hydrogens is 428 g/mol. The number of hydrogen-bond donors (Lipinski definition) is 1. The minimum Gasteiger partial charge on any atom is -0.338 e. The van der Waals surface area contributed by atoms with Crippen LogP contribution in [0.2, 0.25) is 5.02 Å². The molecule has 2 fully saturated rings. The average Bonchev–Trinajstić information content (AvgIpc) is 3.20. The van der Waals surface area contributed by atoms with Crippen molar-refractivity contribution in [2.45, 2.75) is 19.4 Å². The number of benzene rings is 2. The van der Waals surface area contributed by atoms with E-state index in [0.717, 1.165) is 18.5 Å². The third-order valence-corrected chi connectivity index (χ3v) is 6.22. The van der Waals surface area contributed by atoms with E-state index in [1.807, 2.05) is 51.1 Å². The maximum absolute atomic E-state index is 13.0. The Labute approximate surface area is 192 Å². The Morgan fingerprint density at radius 1 is 0.969 bits per heavy atom. The number of piperazine rings is 1. The summed E-state index contributed by atoms with van der Waals surface area (Å²) in [6.07, 6.45) is 1.51. The van der Waals surface area contributed by atoms with Crippen LogP contribution in [0.15, 0.2) is 48.5 Å². The smallest absolute Gasteiger partial charge is 0.253 e. The van der Waals surface area contributed by atoms with Crippen molar-refractivity contribution in [3.8, 4) is 0 Å². The summed E-state index contributed by atoms with van der Waals surface area (Å²) in [4.78, 5) is 42.9. The van der Waals surface area contributed by atoms with Gasteiger partial charge in [0.05, 0.1) is 17.3 Å². The lowest BCUT2D eigenvalue weighted by molar-refractivity contribution is -0.128. The highest BCUT2D eigenvalue weighted by Crippen LogP contribution is 2.20. The highest BCUT2D eigenvalue weighted by molar-refractivity contribution is 6.33. The Morgan fingerprint density at radius 2 is 1.75 bits per heavy atom. The first-order valence-electron chi connectivity index (χ1n) is 10.9. The number of nitrogens with one attached hydrogen (secondary N) is 1. The molecule has 3 amide bonds. The highest BCUT2D eigenvalue weighted by atomic mass is 35.5. The minimum absolute atomic E-state index is 0.0141. The predicted octanol–water partition coefficient (Wildman–Crippen LogP) is 2.86. The molecule has 0 aliphatic carbocycles. The van der Waals surface area contributed by atoms with Crippen molar-refractivity contribution in [1.82, 2.24) is 14.7 Å². The van der Waals surface area contributed by atoms with Gasteiger partial charge in [-0.2, -0.15) is 0 Å². The summed E-state index contributed by atoms with van der Waals surface area (Å²) in [6.45, 7) is 3.97. The van der Waals surface area contributed by atoms with Gasteiger partial charge in [0.25, 0.3) is 5.91 Å². The quantitative estimate of drug-likeness (QED) is 0.728. The largest absolute Gasteiger partial charge is 0.338 e. The minimum atomic E-state index is -0.123. The molecule has 2 aromatic carbocycles. The molecule has 2 aliphatic heterocycles. The molecular formula is C24H27ClN4O3. The first-order chi connectivity index (χ1) is 15.5. The molecule has 0 spiro atoms. The monoisotopic (exact) mass is 454 g/mol. The molecule has 2 saturated heterocycles. The van der Waals surface area contributed by atoms with Crippen LogP contribution in [0, 0.1) is 0 Å². The number of halogens is 1. The Morgan fingerprint density at radius 3 is 2.47 bits per heavy atom. The number of rotatable bonds is 6. The average molecular weight is 455 g/mol. The molecule has 168 valence electrons. The molecule has 0 radical (unpaired) electrons. The molecule has 0 unspecified atom stereocenters. The zero-order valence-electron chi connectivity index (χ0n) is 17.9. The van der Waals surface area contributed by atoms with Gasteiger partial charge in [-0.05, 0) is 36.2 Å². The lowest BCUT2D eigenvalue weighted by Crippen LogP contribution is -2.50. The molecule has 0 bridgehead atoms. The second-order valence-electron chi connectivity index (χ2n) is 8.22. The fraction of sp³-hybridized carbons (Fsp3) is 0.375. The van der Waals surface area contributed by atoms with Crippen LogP contribution in [0.3, 0.4) is 0 Å². The number of amides is 3. The number of carbonyl (C=O) groups excluding carboxylic acids is 3. The molecule has 32 heavy (non-hydrogen) atoms. The number of anilines is 1. The van der Waals surface area contributed by atoms with Crippen LogP contribution in [0.25, 0.3) is 0 Å². The summed E-state index contributed by atoms with van der Waals surface area (Å²) in [5, 5.41) is 3.34. The van der Waals surface area contributed by atoms with Crippen LogP contribution in [-0.2, 0) is 16.1 Å². The van der Waals surface area contributed by atoms with Crippen molar-refractivity contribution in [2.75, 3.05) is 44.6 Å². The van der Waals surface area contributed by atoms with Crippen LogP contribution in [0.4, 0.5) is 5.69 Å². The van der Waals surface area contributed by atoms with E-state index in [0.29, 0.717) is 55.4 Å². The van der Waals surface area contributed by atoms with E-state index >= 15 is 0 Å². The summed E-state index contributed by atoms with van der Waals surface area (Å²) in [7, 11) is 0. The molecule has 0 saturated carbocycles. The maximum Gasteiger partial charge on any atom is 0.253 e. The van der Waals surface area contributed by atoms with E-state index in [2.05, 4.69) is 5.32 Å². The first kappa shape index (κ1) is 22.3. The fourth-order valence-corrected chi connectivity index (χ4v) is 4.32. The van der Waals surface area contributed by atoms with Gasteiger partial charge in [0, 0.05) is 51.3 Å². The van der Waals surface area contributed by atoms with Gasteiger partial charge in [-0.15, -0.1) is 0 Å². The summed E-state index contributed by atoms with van der Waals surface area (Å²) < 4.78 is 0. The van der Waals surface area contributed by atoms with Crippen LogP contribution >= 0.6 is 11.6 Å². The lowest BCUT2D eigenvalue weighted by atomic mass is 10.1. The van der Waals surface area contributed by atoms with Crippen LogP contribution < -0.4 is 5.32 Å². The van der Waals surface area contributed by atoms with Gasteiger partial charge in [-0.3, -0.25) is 19.3 Å². The number of para-hydroxylation sites is 1. The van der Waals surface area contributed by atoms with Gasteiger partial charge in [0.15, 0.2) is 0 Å². The van der Waals surface area contributed by atoms with Crippen molar-refractivity contribution in [3.63, 3.8) is 0 Å². The van der Waals surface area contributed by atoms with Gasteiger partial charge >= 0.3 is 0 Å². The molecule has 1 N–H and O–H groups in total. The van der Waals surface area contributed by atoms with E-state index in [1.54, 1.807) is 12.1 Å². The Bertz CT molecular complexity index is 1000. The highest BCUT2D eigenvalue weighted by Gasteiger charge is 2.24. The first-order valence-corrected chi connectivity index (χ1v) is 11.3. The van der Waals surface area contributed by atoms with Gasteiger partial charge in [-0.25, -0.2) is 0 Å². The third kappa shape index (κ3) is 5.47. The van der Waals surface area contributed by atoms with Crippen LogP contribution in [0.5, 0.6) is 0 Å². The van der Waals surface area contributed by atoms with Gasteiger partial charge < -0.3 is 15.1 Å². The van der Waals surface area contributed by atoms with Crippen molar-refractivity contribution >= 4 is 35.0 Å². The SMILES string of the molecule is O=C(CN1CCN(C(=O)c2cccc(CN3CCCC3=O)c2)CC1)Nc1ccccc1Cl. The molecule has 2 aromatic rings. The zero-order chi connectivity index (χ0) is 22.5. The third-order valence-electron chi connectivity index (χ3n) is 5.89. The number of carbonyl (C=O) groups is 3. The van der Waals surface area contributed by atoms with E-state index in [1.165, 1.54) is 0 Å². The maximum atomic E-state index is 13.0. The van der Waals surface area contributed by atoms with Crippen molar-refractivity contribution in [2.24, 2.45) is 0 Å². The molecule has 7 nitrogen and oxygen atoms in total. The molecule has 0 atom stereocenters. The topological polar surface area (TPSA) is 73.0 Å². The Kier molecular flexibility index (Phi) is 7.07. The number of nitrogens with zero attached hydrogens (tertiary/aromatic N) is 3. The van der Waals surface area contributed by atoms with Crippen LogP contribution in [-0.4, -0.2) is 71.7 Å². The number of hydrogen-bond acceptors (Lipinski definition) is 4. The van der Waals surface area contributed by atoms with E-state index < -0.39 is 0 Å². The molecule has 2 heterocycles. The van der Waals surface area contributed by atoms with Crippen molar-refractivity contribution < 1.29 is 14.4 Å². The van der Waals surface area contributed by atoms with Gasteiger partial charge in [0.1, 0.15) is 0 Å². The molecule has 4 rings (SSSR count). The van der Waals surface area contributed by atoms with Gasteiger partial charge in [0.2, 0.25) is 11.8 Å². The second-order valence-corrected chi connectivity index (χ2v) is 8.62. The molecule has 2 aliphatic rings. The standard InChI is InChI=1S/C24H27ClN4O3/c25-20-7-1-2-8-21(20)26-22(30)17-27-11-13-28(14-12-27)24(32)19-6-3-5-18(15-19)16-29-10-4-9-23(29)31/h1-3,5-8,15H,4,9-14,16-17H2,(H,26,30). The van der Waals surface area contributed by atoms with Crippen molar-refractivity contribution in [1.29, 1.82) is 0 Å². The predicted molar refractivity (Wildman–Crippen MR) is 124 cm³/mol. The Hall–Kier alpha value is -2.90. The molecule has 0 aromatic heterocycles. The van der Waals surface area contributed by atoms with Gasteiger partial charge in [-0.1, -0.05) is 35.9 Å². The number of likely N-dealkylation sites (tertiary alicyclic amines) is 1. The lowest BCUT2D eigenvalue weighted by Gasteiger charge is -2.34. The molecule has 8 heteroatoms. The summed E-state index contributed by atoms with van der Waals surface area (Å²) in [5.41, 5.74) is 2.21. The summed E-state index contributed by atoms with van der Waals surface area (Å²) >= 11 is 6.10. The Balaban J connectivity index is 1.28. The zero-order valence-corrected chi connectivity index (χ0v) is 18.7. The summed E-state index contributed by atoms with van der Waals surface area (Å²) in [6, 6.07) is 14.7. The normalized spacial score (nSPS) is 17.0. The summed E-state index contributed by atoms with van der Waals surface area (Å²) in [5.74, 6) is 0.0400. The second kappa shape index (κ2) is 10.1. The van der Waals surface area contributed by atoms with E-state index in [4.69, 9.17) is 11.6 Å². The van der Waals surface area contributed by atoms with E-state index in [-0.39, 0.29) is 24.3 Å². The fourth-order valence-electron chi connectivity index (χ4n) is 4.14.